The van der Waals surface area contributed by atoms with Crippen LogP contribution in [0, 0.1) is 0 Å². The molecule has 20 heavy (non-hydrogen) atoms. The predicted molar refractivity (Wildman–Crippen MR) is 62.9 cm³/mol. The van der Waals surface area contributed by atoms with Crippen LogP contribution in [0.2, 0.25) is 0 Å². The number of nitrogens with one attached hydrogen (secondary N) is 1. The number of ether oxygens (including phenoxy) is 1. The zero-order valence-corrected chi connectivity index (χ0v) is 10.5. The van der Waals surface area contributed by atoms with Gasteiger partial charge in [-0.15, -0.1) is 0 Å². The Labute approximate surface area is 112 Å². The largest absolute Gasteiger partial charge is 0.491 e. The first-order valence-electron chi connectivity index (χ1n) is 6.22. The molecule has 0 aliphatic carbocycles. The molecule has 1 saturated heterocycles. The van der Waals surface area contributed by atoms with Crippen molar-refractivity contribution in [3.05, 3.63) is 29.8 Å². The number of para-hydroxylation sites is 1. The third kappa shape index (κ3) is 3.03. The molecule has 1 N–H and O–H groups in total. The lowest BCUT2D eigenvalue weighted by molar-refractivity contribution is -0.289. The zero-order valence-electron chi connectivity index (χ0n) is 10.5. The molecule has 112 valence electrons. The van der Waals surface area contributed by atoms with Crippen molar-refractivity contribution in [2.24, 2.45) is 0 Å². The van der Waals surface area contributed by atoms with E-state index in [1.807, 2.05) is 0 Å². The van der Waals surface area contributed by atoms with Crippen LogP contribution in [-0.2, 0) is 5.92 Å². The summed E-state index contributed by atoms with van der Waals surface area (Å²) in [5, 5.41) is 3.08. The first kappa shape index (κ1) is 15.0. The Balaban J connectivity index is 2.17. The molecule has 0 amide bonds. The molecule has 0 aromatic heterocycles. The zero-order chi connectivity index (χ0) is 14.8. The van der Waals surface area contributed by atoms with Crippen molar-refractivity contribution in [2.75, 3.05) is 13.2 Å². The smallest absolute Gasteiger partial charge is 0.458 e. The molecule has 0 spiro atoms. The fourth-order valence-electron chi connectivity index (χ4n) is 2.09. The standard InChI is InChI=1S/C13H14F5NO/c14-12(15,13(16,17)18)10-5-1-2-6-11(10)20-8-9-4-3-7-19-9/h1-2,5-6,9,19H,3-4,7-8H2. The summed E-state index contributed by atoms with van der Waals surface area (Å²) < 4.78 is 69.2. The van der Waals surface area contributed by atoms with Crippen molar-refractivity contribution < 1.29 is 26.7 Å². The van der Waals surface area contributed by atoms with Crippen molar-refractivity contribution in [3.8, 4) is 5.75 Å². The Kier molecular flexibility index (Phi) is 4.17. The van der Waals surface area contributed by atoms with Crippen LogP contribution < -0.4 is 10.1 Å². The van der Waals surface area contributed by atoms with Crippen LogP contribution in [-0.4, -0.2) is 25.4 Å². The lowest BCUT2D eigenvalue weighted by Crippen LogP contribution is -2.34. The van der Waals surface area contributed by atoms with Gasteiger partial charge in [0.15, 0.2) is 0 Å². The van der Waals surface area contributed by atoms with Crippen LogP contribution >= 0.6 is 0 Å². The Morgan fingerprint density at radius 3 is 2.45 bits per heavy atom. The summed E-state index contributed by atoms with van der Waals surface area (Å²) in [6.07, 6.45) is -3.88. The molecule has 1 fully saturated rings. The van der Waals surface area contributed by atoms with E-state index in [1.165, 1.54) is 6.07 Å². The average molecular weight is 295 g/mol. The van der Waals surface area contributed by atoms with Crippen molar-refractivity contribution in [1.82, 2.24) is 5.32 Å². The number of alkyl halides is 5. The normalized spacial score (nSPS) is 20.1. The van der Waals surface area contributed by atoms with Crippen molar-refractivity contribution in [3.63, 3.8) is 0 Å². The molecule has 7 heteroatoms. The highest BCUT2D eigenvalue weighted by molar-refractivity contribution is 5.37. The van der Waals surface area contributed by atoms with Crippen LogP contribution in [0.1, 0.15) is 18.4 Å². The van der Waals surface area contributed by atoms with Gasteiger partial charge < -0.3 is 10.1 Å². The summed E-state index contributed by atoms with van der Waals surface area (Å²) in [7, 11) is 0. The van der Waals surface area contributed by atoms with Gasteiger partial charge in [-0.1, -0.05) is 12.1 Å². The van der Waals surface area contributed by atoms with Gasteiger partial charge in [0.05, 0.1) is 5.56 Å². The van der Waals surface area contributed by atoms with Crippen LogP contribution in [0.3, 0.4) is 0 Å². The highest BCUT2D eigenvalue weighted by Gasteiger charge is 2.60. The maximum atomic E-state index is 13.4. The van der Waals surface area contributed by atoms with Crippen LogP contribution in [0.4, 0.5) is 22.0 Å². The second-order valence-electron chi connectivity index (χ2n) is 4.67. The molecule has 1 unspecified atom stereocenters. The Morgan fingerprint density at radius 2 is 1.85 bits per heavy atom. The molecule has 1 aliphatic heterocycles. The van der Waals surface area contributed by atoms with Crippen molar-refractivity contribution in [2.45, 2.75) is 31.0 Å². The minimum absolute atomic E-state index is 0.0115. The van der Waals surface area contributed by atoms with Crippen LogP contribution in [0.25, 0.3) is 0 Å². The van der Waals surface area contributed by atoms with Gasteiger partial charge in [-0.25, -0.2) is 0 Å². The summed E-state index contributed by atoms with van der Waals surface area (Å²) in [4.78, 5) is 0. The average Bonchev–Trinajstić information content (AvgIpc) is 2.88. The minimum Gasteiger partial charge on any atom is -0.491 e. The monoisotopic (exact) mass is 295 g/mol. The van der Waals surface area contributed by atoms with Crippen molar-refractivity contribution >= 4 is 0 Å². The fourth-order valence-corrected chi connectivity index (χ4v) is 2.09. The highest BCUT2D eigenvalue weighted by atomic mass is 19.4. The molecule has 1 aromatic rings. The molecular weight excluding hydrogens is 281 g/mol. The second kappa shape index (κ2) is 5.55. The predicted octanol–water partition coefficient (Wildman–Crippen LogP) is 3.47. The Morgan fingerprint density at radius 1 is 1.15 bits per heavy atom. The van der Waals surface area contributed by atoms with Gasteiger partial charge in [0.25, 0.3) is 0 Å². The van der Waals surface area contributed by atoms with Gasteiger partial charge in [-0.2, -0.15) is 22.0 Å². The Hall–Kier alpha value is -1.37. The van der Waals surface area contributed by atoms with E-state index < -0.39 is 23.4 Å². The minimum atomic E-state index is -5.64. The van der Waals surface area contributed by atoms with Gasteiger partial charge in [0.2, 0.25) is 0 Å². The Bertz CT molecular complexity index is 454. The number of benzene rings is 1. The molecular formula is C13H14F5NO. The van der Waals surface area contributed by atoms with Gasteiger partial charge in [-0.05, 0) is 31.5 Å². The summed E-state index contributed by atoms with van der Waals surface area (Å²) in [6.45, 7) is 0.874. The van der Waals surface area contributed by atoms with E-state index in [2.05, 4.69) is 5.32 Å². The van der Waals surface area contributed by atoms with E-state index in [0.29, 0.717) is 0 Å². The number of hydrogen-bond donors (Lipinski definition) is 1. The second-order valence-corrected chi connectivity index (χ2v) is 4.67. The van der Waals surface area contributed by atoms with Crippen molar-refractivity contribution in [1.29, 1.82) is 0 Å². The molecule has 1 atom stereocenters. The third-order valence-electron chi connectivity index (χ3n) is 3.18. The lowest BCUT2D eigenvalue weighted by atomic mass is 10.1. The number of hydrogen-bond acceptors (Lipinski definition) is 2. The van der Waals surface area contributed by atoms with E-state index in [1.54, 1.807) is 0 Å². The molecule has 1 aromatic carbocycles. The lowest BCUT2D eigenvalue weighted by Gasteiger charge is -2.23. The molecule has 2 rings (SSSR count). The van der Waals surface area contributed by atoms with Gasteiger partial charge in [-0.3, -0.25) is 0 Å². The van der Waals surface area contributed by atoms with E-state index in [0.717, 1.165) is 37.6 Å². The summed E-state index contributed by atoms with van der Waals surface area (Å²) >= 11 is 0. The van der Waals surface area contributed by atoms with E-state index in [4.69, 9.17) is 4.74 Å². The molecule has 0 bridgehead atoms. The fraction of sp³-hybridized carbons (Fsp3) is 0.538. The maximum absolute atomic E-state index is 13.4. The summed E-state index contributed by atoms with van der Waals surface area (Å²) in [6, 6.07) is 4.36. The van der Waals surface area contributed by atoms with E-state index in [-0.39, 0.29) is 12.6 Å². The van der Waals surface area contributed by atoms with E-state index in [9.17, 15) is 22.0 Å². The first-order valence-corrected chi connectivity index (χ1v) is 6.22. The first-order chi connectivity index (χ1) is 9.32. The summed E-state index contributed by atoms with van der Waals surface area (Å²) in [5.74, 6) is -5.35. The number of halogens is 5. The molecule has 2 nitrogen and oxygen atoms in total. The molecule has 1 aliphatic rings. The van der Waals surface area contributed by atoms with E-state index >= 15 is 0 Å². The van der Waals surface area contributed by atoms with Crippen LogP contribution in [0.5, 0.6) is 5.75 Å². The maximum Gasteiger partial charge on any atom is 0.458 e. The van der Waals surface area contributed by atoms with Gasteiger partial charge in [0.1, 0.15) is 12.4 Å². The van der Waals surface area contributed by atoms with Crippen LogP contribution in [0.15, 0.2) is 24.3 Å². The summed E-state index contributed by atoms with van der Waals surface area (Å²) in [5.41, 5.74) is -1.15. The molecule has 0 saturated carbocycles. The SMILES string of the molecule is FC(F)(F)C(F)(F)c1ccccc1OCC1CCCN1. The topological polar surface area (TPSA) is 21.3 Å². The van der Waals surface area contributed by atoms with Gasteiger partial charge in [0, 0.05) is 6.04 Å². The molecule has 1 heterocycles. The highest BCUT2D eigenvalue weighted by Crippen LogP contribution is 2.46. The quantitative estimate of drug-likeness (QED) is 0.859. The third-order valence-corrected chi connectivity index (χ3v) is 3.18. The van der Waals surface area contributed by atoms with Gasteiger partial charge >= 0.3 is 12.1 Å². The number of rotatable bonds is 4. The molecule has 0 radical (unpaired) electrons.